The van der Waals surface area contributed by atoms with Crippen LogP contribution in [0.15, 0.2) is 36.4 Å². The Morgan fingerprint density at radius 3 is 2.10 bits per heavy atom. The van der Waals surface area contributed by atoms with E-state index in [4.69, 9.17) is 33.6 Å². The predicted molar refractivity (Wildman–Crippen MR) is 118 cm³/mol. The molecule has 0 fully saturated rings. The van der Waals surface area contributed by atoms with Gasteiger partial charge in [-0.3, -0.25) is 14.5 Å². The number of likely N-dealkylation sites (N-methyl/N-ethyl adjacent to an activating group) is 1. The normalized spacial score (nSPS) is 11.5. The van der Waals surface area contributed by atoms with Crippen molar-refractivity contribution < 1.29 is 19.5 Å². The molecule has 0 aliphatic carbocycles. The van der Waals surface area contributed by atoms with E-state index in [9.17, 15) is 14.4 Å². The molecular weight excluding hydrogens is 441 g/mol. The van der Waals surface area contributed by atoms with Crippen molar-refractivity contribution in [3.8, 4) is 17.3 Å². The Bertz CT molecular complexity index is 1020. The highest BCUT2D eigenvalue weighted by molar-refractivity contribution is 6.39. The first-order valence-electron chi connectivity index (χ1n) is 9.36. The molecule has 0 aliphatic heterocycles. The van der Waals surface area contributed by atoms with Crippen LogP contribution in [0, 0.1) is 17.4 Å². The Kier molecular flexibility index (Phi) is 8.03. The van der Waals surface area contributed by atoms with Crippen molar-refractivity contribution in [2.24, 2.45) is 5.92 Å². The molecule has 0 bridgehead atoms. The highest BCUT2D eigenvalue weighted by atomic mass is 35.5. The fourth-order valence-electron chi connectivity index (χ4n) is 2.98. The van der Waals surface area contributed by atoms with E-state index in [1.54, 1.807) is 30.5 Å². The number of carbonyl (C=O) groups is 3. The summed E-state index contributed by atoms with van der Waals surface area (Å²) >= 11 is 12.4. The zero-order valence-electron chi connectivity index (χ0n) is 17.1. The number of nitrogens with one attached hydrogen (secondary N) is 1. The molecule has 0 aromatic heterocycles. The monoisotopic (exact) mass is 461 g/mol. The van der Waals surface area contributed by atoms with Crippen molar-refractivity contribution in [3.05, 3.63) is 57.6 Å². The molecule has 0 heterocycles. The van der Waals surface area contributed by atoms with E-state index >= 15 is 0 Å². The van der Waals surface area contributed by atoms with Gasteiger partial charge in [0.05, 0.1) is 15.6 Å². The first-order valence-corrected chi connectivity index (χ1v) is 10.1. The number of carboxylic acid groups (broad SMARTS) is 1. The molecule has 1 atom stereocenters. The largest absolute Gasteiger partial charge is 0.478 e. The zero-order valence-corrected chi connectivity index (χ0v) is 18.7. The van der Waals surface area contributed by atoms with Crippen LogP contribution in [-0.2, 0) is 4.79 Å². The highest BCUT2D eigenvalue weighted by Gasteiger charge is 2.25. The van der Waals surface area contributed by atoms with Gasteiger partial charge in [-0.05, 0) is 42.2 Å². The molecule has 0 spiro atoms. The molecule has 162 valence electrons. The summed E-state index contributed by atoms with van der Waals surface area (Å²) in [7, 11) is 1.35. The van der Waals surface area contributed by atoms with Gasteiger partial charge in [0.15, 0.2) is 6.19 Å². The van der Waals surface area contributed by atoms with Gasteiger partial charge >= 0.3 is 5.97 Å². The average molecular weight is 462 g/mol. The van der Waals surface area contributed by atoms with Crippen molar-refractivity contribution in [1.29, 1.82) is 5.26 Å². The van der Waals surface area contributed by atoms with Gasteiger partial charge in [-0.1, -0.05) is 49.2 Å². The van der Waals surface area contributed by atoms with Gasteiger partial charge in [-0.15, -0.1) is 0 Å². The molecule has 2 rings (SSSR count). The molecule has 0 radical (unpaired) electrons. The second-order valence-corrected chi connectivity index (χ2v) is 8.16. The van der Waals surface area contributed by atoms with E-state index in [1.165, 1.54) is 19.2 Å². The topological polar surface area (TPSA) is 110 Å². The Balaban J connectivity index is 2.26. The van der Waals surface area contributed by atoms with Crippen LogP contribution < -0.4 is 5.32 Å². The lowest BCUT2D eigenvalue weighted by atomic mass is 10.0. The van der Waals surface area contributed by atoms with Gasteiger partial charge in [0, 0.05) is 18.2 Å². The van der Waals surface area contributed by atoms with E-state index < -0.39 is 23.8 Å². The Morgan fingerprint density at radius 2 is 1.65 bits per heavy atom. The van der Waals surface area contributed by atoms with Crippen LogP contribution in [0.5, 0.6) is 0 Å². The standard InChI is InChI=1S/C22H21Cl2N3O4/c1-12(2)8-18(21(29)27(3)11-25)26-20(28)14-6-4-13(5-7-14)19-16(23)9-15(22(30)31)10-17(19)24/h4-7,9-10,12,18H,8H2,1-3H3,(H,26,28)(H,30,31)/t18-/m0/s1. The molecule has 31 heavy (non-hydrogen) atoms. The number of rotatable bonds is 7. The maximum Gasteiger partial charge on any atom is 0.335 e. The first kappa shape index (κ1) is 24.2. The third-order valence-electron chi connectivity index (χ3n) is 4.52. The minimum Gasteiger partial charge on any atom is -0.478 e. The molecular formula is C22H21Cl2N3O4. The lowest BCUT2D eigenvalue weighted by Gasteiger charge is -2.21. The van der Waals surface area contributed by atoms with Crippen LogP contribution in [0.3, 0.4) is 0 Å². The number of halogens is 2. The number of nitrogens with zero attached hydrogens (tertiary/aromatic N) is 2. The van der Waals surface area contributed by atoms with Crippen LogP contribution in [0.2, 0.25) is 10.0 Å². The SMILES string of the molecule is CC(C)C[C@H](NC(=O)c1ccc(-c2c(Cl)cc(C(=O)O)cc2Cl)cc1)C(=O)N(C)C#N. The maximum absolute atomic E-state index is 12.7. The van der Waals surface area contributed by atoms with Crippen LogP contribution in [0.25, 0.3) is 11.1 Å². The number of hydrogen-bond donors (Lipinski definition) is 2. The number of amides is 2. The van der Waals surface area contributed by atoms with Crippen molar-refractivity contribution in [2.75, 3.05) is 7.05 Å². The molecule has 7 nitrogen and oxygen atoms in total. The molecule has 2 N–H and O–H groups in total. The lowest BCUT2D eigenvalue weighted by Crippen LogP contribution is -2.46. The zero-order chi connectivity index (χ0) is 23.3. The summed E-state index contributed by atoms with van der Waals surface area (Å²) in [5.41, 5.74) is 1.32. The van der Waals surface area contributed by atoms with Gasteiger partial charge in [0.2, 0.25) is 0 Å². The average Bonchev–Trinajstić information content (AvgIpc) is 2.71. The fraction of sp³-hybridized carbons (Fsp3) is 0.273. The Labute approximate surface area is 190 Å². The summed E-state index contributed by atoms with van der Waals surface area (Å²) < 4.78 is 0. The van der Waals surface area contributed by atoms with Crippen molar-refractivity contribution >= 4 is 41.0 Å². The number of carboxylic acids is 1. The maximum atomic E-state index is 12.7. The quantitative estimate of drug-likeness (QED) is 0.467. The third kappa shape index (κ3) is 5.97. The minimum absolute atomic E-state index is 0.0297. The summed E-state index contributed by atoms with van der Waals surface area (Å²) in [6, 6.07) is 8.13. The molecule has 2 amide bonds. The van der Waals surface area contributed by atoms with E-state index in [0.29, 0.717) is 23.1 Å². The van der Waals surface area contributed by atoms with Crippen LogP contribution in [0.4, 0.5) is 0 Å². The van der Waals surface area contributed by atoms with Crippen LogP contribution >= 0.6 is 23.2 Å². The molecule has 0 aliphatic rings. The minimum atomic E-state index is -1.14. The molecule has 2 aromatic carbocycles. The number of nitriles is 1. The highest BCUT2D eigenvalue weighted by Crippen LogP contribution is 2.36. The smallest absolute Gasteiger partial charge is 0.335 e. The summed E-state index contributed by atoms with van der Waals surface area (Å²) in [5.74, 6) is -1.97. The second-order valence-electron chi connectivity index (χ2n) is 7.35. The molecule has 0 saturated heterocycles. The van der Waals surface area contributed by atoms with Crippen molar-refractivity contribution in [1.82, 2.24) is 10.2 Å². The summed E-state index contributed by atoms with van der Waals surface area (Å²) in [4.78, 5) is 37.1. The van der Waals surface area contributed by atoms with Crippen LogP contribution in [0.1, 0.15) is 41.0 Å². The predicted octanol–water partition coefficient (Wildman–Crippen LogP) is 4.44. The van der Waals surface area contributed by atoms with Gasteiger partial charge < -0.3 is 10.4 Å². The molecule has 0 unspecified atom stereocenters. The number of benzene rings is 2. The van der Waals surface area contributed by atoms with Gasteiger partial charge in [0.25, 0.3) is 11.8 Å². The molecule has 2 aromatic rings. The number of hydrogen-bond acceptors (Lipinski definition) is 4. The summed E-state index contributed by atoms with van der Waals surface area (Å²) in [6.45, 7) is 3.83. The van der Waals surface area contributed by atoms with Gasteiger partial charge in [0.1, 0.15) is 6.04 Å². The van der Waals surface area contributed by atoms with E-state index in [-0.39, 0.29) is 21.5 Å². The Morgan fingerprint density at radius 1 is 1.10 bits per heavy atom. The van der Waals surface area contributed by atoms with E-state index in [1.807, 2.05) is 13.8 Å². The van der Waals surface area contributed by atoms with E-state index in [2.05, 4.69) is 5.32 Å². The van der Waals surface area contributed by atoms with Crippen LogP contribution in [-0.4, -0.2) is 40.9 Å². The fourth-order valence-corrected chi connectivity index (χ4v) is 3.68. The second kappa shape index (κ2) is 10.3. The van der Waals surface area contributed by atoms with Crippen molar-refractivity contribution in [3.63, 3.8) is 0 Å². The van der Waals surface area contributed by atoms with Gasteiger partial charge in [-0.25, -0.2) is 4.79 Å². The van der Waals surface area contributed by atoms with E-state index in [0.717, 1.165) is 4.90 Å². The Hall–Kier alpha value is -3.08. The number of aromatic carboxylic acids is 1. The van der Waals surface area contributed by atoms with Crippen molar-refractivity contribution in [2.45, 2.75) is 26.3 Å². The lowest BCUT2D eigenvalue weighted by molar-refractivity contribution is -0.129. The molecule has 0 saturated carbocycles. The summed E-state index contributed by atoms with van der Waals surface area (Å²) in [6.07, 6.45) is 2.13. The summed E-state index contributed by atoms with van der Waals surface area (Å²) in [5, 5.41) is 21.1. The third-order valence-corrected chi connectivity index (χ3v) is 5.11. The van der Waals surface area contributed by atoms with Gasteiger partial charge in [-0.2, -0.15) is 5.26 Å². The molecule has 9 heteroatoms. The first-order chi connectivity index (χ1) is 14.5. The number of carbonyl (C=O) groups excluding carboxylic acids is 2.